The molecule has 3 atom stereocenters. The molecule has 0 spiro atoms. The second-order valence-electron chi connectivity index (χ2n) is 6.59. The lowest BCUT2D eigenvalue weighted by Crippen LogP contribution is -2.45. The Bertz CT molecular complexity index is 670. The van der Waals surface area contributed by atoms with E-state index in [1.807, 2.05) is 0 Å². The molecule has 1 aliphatic heterocycles. The van der Waals surface area contributed by atoms with Gasteiger partial charge in [0.15, 0.2) is 0 Å². The quantitative estimate of drug-likeness (QED) is 0.860. The molecule has 0 unspecified atom stereocenters. The van der Waals surface area contributed by atoms with E-state index in [-0.39, 0.29) is 18.5 Å². The Morgan fingerprint density at radius 1 is 1.18 bits per heavy atom. The molecule has 2 aliphatic carbocycles. The summed E-state index contributed by atoms with van der Waals surface area (Å²) in [4.78, 5) is 37.5. The number of hydrogen-bond donors (Lipinski definition) is 1. The Kier molecular flexibility index (Phi) is 3.03. The number of benzene rings is 1. The maximum atomic E-state index is 12.3. The van der Waals surface area contributed by atoms with E-state index in [2.05, 4.69) is 5.32 Å². The first-order chi connectivity index (χ1) is 10.6. The number of carbonyl (C=O) groups excluding carboxylic acids is 3. The smallest absolute Gasteiger partial charge is 0.299 e. The standard InChI is InChI=1S/C17H18N2O3/c20-15(18-13-8-10-5-6-11(13)7-10)9-19-14-4-2-1-3-12(14)16(21)17(19)22/h1-4,10-11,13H,5-9H2,(H,18,20)/t10-,11-,13-/m0/s1. The fourth-order valence-electron chi connectivity index (χ4n) is 4.22. The minimum absolute atomic E-state index is 0.0739. The Morgan fingerprint density at radius 3 is 2.73 bits per heavy atom. The summed E-state index contributed by atoms with van der Waals surface area (Å²) in [5, 5.41) is 3.06. The Balaban J connectivity index is 1.46. The zero-order chi connectivity index (χ0) is 15.3. The highest BCUT2D eigenvalue weighted by atomic mass is 16.2. The van der Waals surface area contributed by atoms with Crippen molar-refractivity contribution < 1.29 is 14.4 Å². The number of ketones is 1. The van der Waals surface area contributed by atoms with Gasteiger partial charge in [0.05, 0.1) is 11.3 Å². The summed E-state index contributed by atoms with van der Waals surface area (Å²) in [6, 6.07) is 7.08. The molecule has 1 N–H and O–H groups in total. The highest BCUT2D eigenvalue weighted by Crippen LogP contribution is 2.44. The molecule has 1 aromatic carbocycles. The van der Waals surface area contributed by atoms with Crippen molar-refractivity contribution >= 4 is 23.3 Å². The number of hydrogen-bond acceptors (Lipinski definition) is 3. The van der Waals surface area contributed by atoms with Gasteiger partial charge in [0.1, 0.15) is 6.54 Å². The fraction of sp³-hybridized carbons (Fsp3) is 0.471. The Labute approximate surface area is 128 Å². The number of nitrogens with zero attached hydrogens (tertiary/aromatic N) is 1. The molecule has 1 aromatic rings. The third-order valence-electron chi connectivity index (χ3n) is 5.27. The summed E-state index contributed by atoms with van der Waals surface area (Å²) in [6.07, 6.45) is 4.75. The van der Waals surface area contributed by atoms with E-state index in [9.17, 15) is 14.4 Å². The molecule has 2 saturated carbocycles. The van der Waals surface area contributed by atoms with E-state index in [1.165, 1.54) is 24.2 Å². The van der Waals surface area contributed by atoms with Crippen molar-refractivity contribution in [1.82, 2.24) is 5.32 Å². The average molecular weight is 298 g/mol. The van der Waals surface area contributed by atoms with Crippen molar-refractivity contribution in [3.8, 4) is 0 Å². The second kappa shape index (κ2) is 4.93. The van der Waals surface area contributed by atoms with Crippen molar-refractivity contribution in [2.24, 2.45) is 11.8 Å². The summed E-state index contributed by atoms with van der Waals surface area (Å²) in [5.74, 6) is 0.0474. The molecule has 4 rings (SSSR count). The summed E-state index contributed by atoms with van der Waals surface area (Å²) in [7, 11) is 0. The largest absolute Gasteiger partial charge is 0.352 e. The first-order valence-corrected chi connectivity index (χ1v) is 7.88. The molecule has 114 valence electrons. The van der Waals surface area contributed by atoms with E-state index in [0.29, 0.717) is 17.2 Å². The van der Waals surface area contributed by atoms with Gasteiger partial charge in [0.2, 0.25) is 5.91 Å². The molecule has 3 aliphatic rings. The molecule has 2 bridgehead atoms. The van der Waals surface area contributed by atoms with Crippen LogP contribution in [-0.2, 0) is 9.59 Å². The summed E-state index contributed by atoms with van der Waals surface area (Å²) < 4.78 is 0. The zero-order valence-corrected chi connectivity index (χ0v) is 12.2. The van der Waals surface area contributed by atoms with Crippen molar-refractivity contribution in [1.29, 1.82) is 0 Å². The lowest BCUT2D eigenvalue weighted by Gasteiger charge is -2.24. The van der Waals surface area contributed by atoms with Gasteiger partial charge in [0.25, 0.3) is 11.7 Å². The number of amides is 2. The molecule has 1 heterocycles. The summed E-state index contributed by atoms with van der Waals surface area (Å²) in [5.41, 5.74) is 0.931. The van der Waals surface area contributed by atoms with Crippen LogP contribution < -0.4 is 10.2 Å². The molecule has 22 heavy (non-hydrogen) atoms. The van der Waals surface area contributed by atoms with Gasteiger partial charge in [-0.05, 0) is 43.2 Å². The van der Waals surface area contributed by atoms with Gasteiger partial charge in [-0.1, -0.05) is 18.6 Å². The van der Waals surface area contributed by atoms with Gasteiger partial charge < -0.3 is 5.32 Å². The van der Waals surface area contributed by atoms with Gasteiger partial charge in [-0.3, -0.25) is 19.3 Å². The van der Waals surface area contributed by atoms with Crippen molar-refractivity contribution in [3.63, 3.8) is 0 Å². The number of fused-ring (bicyclic) bond motifs is 3. The van der Waals surface area contributed by atoms with Gasteiger partial charge in [-0.25, -0.2) is 0 Å². The lowest BCUT2D eigenvalue weighted by atomic mass is 9.95. The highest BCUT2D eigenvalue weighted by Gasteiger charge is 2.41. The van der Waals surface area contributed by atoms with Crippen LogP contribution in [0.1, 0.15) is 36.0 Å². The molecule has 2 amide bonds. The molecule has 2 fully saturated rings. The zero-order valence-electron chi connectivity index (χ0n) is 12.2. The first kappa shape index (κ1) is 13.5. The third-order valence-corrected chi connectivity index (χ3v) is 5.27. The monoisotopic (exact) mass is 298 g/mol. The van der Waals surface area contributed by atoms with Gasteiger partial charge in [-0.2, -0.15) is 0 Å². The number of rotatable bonds is 3. The summed E-state index contributed by atoms with van der Waals surface area (Å²) >= 11 is 0. The van der Waals surface area contributed by atoms with E-state index in [1.54, 1.807) is 24.3 Å². The summed E-state index contributed by atoms with van der Waals surface area (Å²) in [6.45, 7) is -0.0739. The van der Waals surface area contributed by atoms with Crippen LogP contribution in [0.3, 0.4) is 0 Å². The average Bonchev–Trinajstić information content (AvgIpc) is 3.19. The lowest BCUT2D eigenvalue weighted by molar-refractivity contribution is -0.123. The first-order valence-electron chi connectivity index (χ1n) is 7.88. The molecule has 0 aromatic heterocycles. The normalized spacial score (nSPS) is 29.1. The number of para-hydroxylation sites is 1. The Hall–Kier alpha value is -2.17. The Morgan fingerprint density at radius 2 is 2.00 bits per heavy atom. The van der Waals surface area contributed by atoms with Gasteiger partial charge in [-0.15, -0.1) is 0 Å². The van der Waals surface area contributed by atoms with E-state index in [4.69, 9.17) is 0 Å². The van der Waals surface area contributed by atoms with Crippen LogP contribution >= 0.6 is 0 Å². The fourth-order valence-corrected chi connectivity index (χ4v) is 4.22. The molecular weight excluding hydrogens is 280 g/mol. The number of Topliss-reactive ketones (excluding diaryl/α,β-unsaturated/α-hetero) is 1. The topological polar surface area (TPSA) is 66.5 Å². The SMILES string of the molecule is O=C(CN1C(=O)C(=O)c2ccccc21)N[C@H]1C[C@H]2CC[C@H]1C2. The van der Waals surface area contributed by atoms with E-state index >= 15 is 0 Å². The molecular formula is C17H18N2O3. The molecule has 0 radical (unpaired) electrons. The van der Waals surface area contributed by atoms with Crippen LogP contribution in [0.15, 0.2) is 24.3 Å². The van der Waals surface area contributed by atoms with Crippen molar-refractivity contribution in [2.45, 2.75) is 31.7 Å². The van der Waals surface area contributed by atoms with Crippen LogP contribution in [0, 0.1) is 11.8 Å². The minimum atomic E-state index is -0.607. The molecule has 0 saturated heterocycles. The van der Waals surface area contributed by atoms with Gasteiger partial charge >= 0.3 is 0 Å². The van der Waals surface area contributed by atoms with Crippen LogP contribution in [0.4, 0.5) is 5.69 Å². The highest BCUT2D eigenvalue weighted by molar-refractivity contribution is 6.52. The van der Waals surface area contributed by atoms with Crippen molar-refractivity contribution in [2.75, 3.05) is 11.4 Å². The third kappa shape index (κ3) is 2.03. The van der Waals surface area contributed by atoms with Crippen LogP contribution in [-0.4, -0.2) is 30.2 Å². The molecule has 5 nitrogen and oxygen atoms in total. The maximum Gasteiger partial charge on any atom is 0.299 e. The minimum Gasteiger partial charge on any atom is -0.352 e. The van der Waals surface area contributed by atoms with Crippen LogP contribution in [0.25, 0.3) is 0 Å². The number of anilines is 1. The van der Waals surface area contributed by atoms with Crippen LogP contribution in [0.5, 0.6) is 0 Å². The van der Waals surface area contributed by atoms with Gasteiger partial charge in [0, 0.05) is 6.04 Å². The van der Waals surface area contributed by atoms with E-state index < -0.39 is 11.7 Å². The predicted molar refractivity (Wildman–Crippen MR) is 80.5 cm³/mol. The molecule has 5 heteroatoms. The number of nitrogens with one attached hydrogen (secondary N) is 1. The van der Waals surface area contributed by atoms with E-state index in [0.717, 1.165) is 12.3 Å². The number of carbonyl (C=O) groups is 3. The van der Waals surface area contributed by atoms with Crippen LogP contribution in [0.2, 0.25) is 0 Å². The maximum absolute atomic E-state index is 12.3. The second-order valence-corrected chi connectivity index (χ2v) is 6.59. The predicted octanol–water partition coefficient (Wildman–Crippen LogP) is 1.52. The van der Waals surface area contributed by atoms with Crippen molar-refractivity contribution in [3.05, 3.63) is 29.8 Å².